The van der Waals surface area contributed by atoms with Gasteiger partial charge in [-0.05, 0) is 30.8 Å². The molecule has 2 aromatic rings. The molecule has 1 N–H and O–H groups in total. The van der Waals surface area contributed by atoms with Crippen LogP contribution < -0.4 is 14.8 Å². The first-order valence-corrected chi connectivity index (χ1v) is 6.56. The van der Waals surface area contributed by atoms with E-state index in [9.17, 15) is 0 Å². The maximum atomic E-state index is 8.86. The lowest BCUT2D eigenvalue weighted by molar-refractivity contribution is 0.281. The molecule has 0 radical (unpaired) electrons. The van der Waals surface area contributed by atoms with Crippen LogP contribution in [-0.2, 0) is 13.2 Å². The molecule has 0 aliphatic heterocycles. The van der Waals surface area contributed by atoms with Crippen molar-refractivity contribution in [2.75, 3.05) is 14.2 Å². The molecule has 5 heteroatoms. The number of benzene rings is 1. The van der Waals surface area contributed by atoms with Crippen molar-refractivity contribution in [3.05, 3.63) is 53.3 Å². The molecule has 0 aliphatic rings. The predicted octanol–water partition coefficient (Wildman–Crippen LogP) is 2.26. The normalized spacial score (nSPS) is 9.95. The van der Waals surface area contributed by atoms with Crippen LogP contribution in [0.5, 0.6) is 11.5 Å². The standard InChI is InChI=1S/C16H17N3O2/c1-18-10-13-4-3-5-15(20-2)16(13)21-11-12-6-7-19-14(8-12)9-17/h3-8,18H,10-11H2,1-2H3. The molecule has 0 spiro atoms. The van der Waals surface area contributed by atoms with E-state index in [1.54, 1.807) is 19.4 Å². The topological polar surface area (TPSA) is 67.2 Å². The lowest BCUT2D eigenvalue weighted by Crippen LogP contribution is -2.08. The number of ether oxygens (including phenoxy) is 2. The Morgan fingerprint density at radius 1 is 1.33 bits per heavy atom. The number of pyridine rings is 1. The molecule has 0 atom stereocenters. The van der Waals surface area contributed by atoms with Crippen LogP contribution in [0.4, 0.5) is 0 Å². The molecule has 0 unspecified atom stereocenters. The molecular formula is C16H17N3O2. The van der Waals surface area contributed by atoms with Gasteiger partial charge in [-0.25, -0.2) is 4.98 Å². The van der Waals surface area contributed by atoms with Crippen LogP contribution in [0.1, 0.15) is 16.8 Å². The van der Waals surface area contributed by atoms with E-state index in [0.29, 0.717) is 30.3 Å². The van der Waals surface area contributed by atoms with Crippen molar-refractivity contribution in [2.45, 2.75) is 13.2 Å². The van der Waals surface area contributed by atoms with Crippen molar-refractivity contribution in [1.29, 1.82) is 5.26 Å². The van der Waals surface area contributed by atoms with E-state index in [-0.39, 0.29) is 0 Å². The maximum absolute atomic E-state index is 8.86. The number of nitriles is 1. The van der Waals surface area contributed by atoms with Gasteiger partial charge in [-0.2, -0.15) is 5.26 Å². The molecule has 108 valence electrons. The monoisotopic (exact) mass is 283 g/mol. The van der Waals surface area contributed by atoms with E-state index in [1.165, 1.54) is 0 Å². The number of nitrogens with one attached hydrogen (secondary N) is 1. The molecule has 2 rings (SSSR count). The number of rotatable bonds is 6. The largest absolute Gasteiger partial charge is 0.493 e. The summed E-state index contributed by atoms with van der Waals surface area (Å²) in [7, 11) is 3.50. The van der Waals surface area contributed by atoms with E-state index < -0.39 is 0 Å². The minimum Gasteiger partial charge on any atom is -0.493 e. The quantitative estimate of drug-likeness (QED) is 0.880. The zero-order chi connectivity index (χ0) is 15.1. The molecule has 1 heterocycles. The van der Waals surface area contributed by atoms with Crippen LogP contribution in [0.25, 0.3) is 0 Å². The van der Waals surface area contributed by atoms with Crippen molar-refractivity contribution < 1.29 is 9.47 Å². The lowest BCUT2D eigenvalue weighted by atomic mass is 10.2. The van der Waals surface area contributed by atoms with Crippen LogP contribution in [0, 0.1) is 11.3 Å². The molecule has 0 amide bonds. The van der Waals surface area contributed by atoms with Crippen molar-refractivity contribution in [3.63, 3.8) is 0 Å². The third-order valence-electron chi connectivity index (χ3n) is 2.97. The van der Waals surface area contributed by atoms with E-state index in [2.05, 4.69) is 10.3 Å². The molecule has 5 nitrogen and oxygen atoms in total. The van der Waals surface area contributed by atoms with Crippen LogP contribution >= 0.6 is 0 Å². The highest BCUT2D eigenvalue weighted by Crippen LogP contribution is 2.31. The third-order valence-corrected chi connectivity index (χ3v) is 2.97. The molecule has 21 heavy (non-hydrogen) atoms. The number of hydrogen-bond donors (Lipinski definition) is 1. The summed E-state index contributed by atoms with van der Waals surface area (Å²) in [6, 6.07) is 11.3. The van der Waals surface area contributed by atoms with Crippen LogP contribution in [0.2, 0.25) is 0 Å². The summed E-state index contributed by atoms with van der Waals surface area (Å²) in [5, 5.41) is 12.0. The zero-order valence-electron chi connectivity index (χ0n) is 12.1. The van der Waals surface area contributed by atoms with Crippen molar-refractivity contribution in [3.8, 4) is 17.6 Å². The van der Waals surface area contributed by atoms with Gasteiger partial charge >= 0.3 is 0 Å². The fourth-order valence-electron chi connectivity index (χ4n) is 2.00. The molecule has 0 bridgehead atoms. The Morgan fingerprint density at radius 3 is 2.90 bits per heavy atom. The van der Waals surface area contributed by atoms with Gasteiger partial charge in [0.15, 0.2) is 11.5 Å². The second-order valence-corrected chi connectivity index (χ2v) is 4.43. The average Bonchev–Trinajstić information content (AvgIpc) is 2.54. The zero-order valence-corrected chi connectivity index (χ0v) is 12.1. The Balaban J connectivity index is 2.20. The fraction of sp³-hybridized carbons (Fsp3) is 0.250. The molecule has 0 saturated heterocycles. The van der Waals surface area contributed by atoms with Crippen LogP contribution in [0.3, 0.4) is 0 Å². The Morgan fingerprint density at radius 2 is 2.19 bits per heavy atom. The first-order chi connectivity index (χ1) is 10.3. The van der Waals surface area contributed by atoms with Gasteiger partial charge in [0, 0.05) is 18.3 Å². The number of aromatic nitrogens is 1. The van der Waals surface area contributed by atoms with E-state index in [0.717, 1.165) is 11.1 Å². The van der Waals surface area contributed by atoms with Gasteiger partial charge in [-0.1, -0.05) is 12.1 Å². The van der Waals surface area contributed by atoms with E-state index >= 15 is 0 Å². The third kappa shape index (κ3) is 3.71. The van der Waals surface area contributed by atoms with Gasteiger partial charge in [-0.15, -0.1) is 0 Å². The van der Waals surface area contributed by atoms with Gasteiger partial charge in [0.2, 0.25) is 0 Å². The molecule has 0 aliphatic carbocycles. The fourth-order valence-corrected chi connectivity index (χ4v) is 2.00. The molecule has 0 saturated carbocycles. The van der Waals surface area contributed by atoms with Gasteiger partial charge in [-0.3, -0.25) is 0 Å². The summed E-state index contributed by atoms with van der Waals surface area (Å²) >= 11 is 0. The average molecular weight is 283 g/mol. The number of hydrogen-bond acceptors (Lipinski definition) is 5. The van der Waals surface area contributed by atoms with Gasteiger partial charge in [0.1, 0.15) is 18.4 Å². The number of para-hydroxylation sites is 1. The molecule has 1 aromatic carbocycles. The molecular weight excluding hydrogens is 266 g/mol. The van der Waals surface area contributed by atoms with Crippen molar-refractivity contribution in [2.24, 2.45) is 0 Å². The Kier molecular flexibility index (Phi) is 5.13. The summed E-state index contributed by atoms with van der Waals surface area (Å²) in [5.41, 5.74) is 2.29. The summed E-state index contributed by atoms with van der Waals surface area (Å²) in [4.78, 5) is 3.94. The minimum atomic E-state index is 0.355. The Hall–Kier alpha value is -2.58. The number of nitrogens with zero attached hydrogens (tertiary/aromatic N) is 2. The Bertz CT molecular complexity index is 650. The Labute approximate surface area is 124 Å². The highest BCUT2D eigenvalue weighted by atomic mass is 16.5. The highest BCUT2D eigenvalue weighted by Gasteiger charge is 2.10. The van der Waals surface area contributed by atoms with Crippen molar-refractivity contribution in [1.82, 2.24) is 10.3 Å². The maximum Gasteiger partial charge on any atom is 0.166 e. The predicted molar refractivity (Wildman–Crippen MR) is 79.0 cm³/mol. The summed E-state index contributed by atoms with van der Waals surface area (Å²) in [6.45, 7) is 1.04. The summed E-state index contributed by atoms with van der Waals surface area (Å²) < 4.78 is 11.2. The van der Waals surface area contributed by atoms with E-state index in [4.69, 9.17) is 14.7 Å². The first kappa shape index (κ1) is 14.8. The smallest absolute Gasteiger partial charge is 0.166 e. The van der Waals surface area contributed by atoms with Gasteiger partial charge in [0.25, 0.3) is 0 Å². The van der Waals surface area contributed by atoms with Gasteiger partial charge in [0.05, 0.1) is 7.11 Å². The van der Waals surface area contributed by atoms with E-state index in [1.807, 2.05) is 37.4 Å². The lowest BCUT2D eigenvalue weighted by Gasteiger charge is -2.15. The first-order valence-electron chi connectivity index (χ1n) is 6.56. The second-order valence-electron chi connectivity index (χ2n) is 4.43. The summed E-state index contributed by atoms with van der Waals surface area (Å²) in [5.74, 6) is 1.40. The second kappa shape index (κ2) is 7.27. The SMILES string of the molecule is CNCc1cccc(OC)c1OCc1ccnc(C#N)c1. The highest BCUT2D eigenvalue weighted by molar-refractivity contribution is 5.46. The molecule has 0 fully saturated rings. The molecule has 1 aromatic heterocycles. The summed E-state index contributed by atoms with van der Waals surface area (Å²) in [6.07, 6.45) is 1.61. The van der Waals surface area contributed by atoms with Crippen LogP contribution in [-0.4, -0.2) is 19.1 Å². The number of methoxy groups -OCH3 is 1. The minimum absolute atomic E-state index is 0.355. The van der Waals surface area contributed by atoms with Gasteiger partial charge < -0.3 is 14.8 Å². The van der Waals surface area contributed by atoms with Crippen molar-refractivity contribution >= 4 is 0 Å². The van der Waals surface area contributed by atoms with Crippen LogP contribution in [0.15, 0.2) is 36.5 Å².